The van der Waals surface area contributed by atoms with Gasteiger partial charge in [0.05, 0.1) is 12.7 Å². The molecule has 1 aromatic rings. The first-order valence-corrected chi connectivity index (χ1v) is 10.6. The predicted molar refractivity (Wildman–Crippen MR) is 114 cm³/mol. The normalized spacial score (nSPS) is 20.8. The van der Waals surface area contributed by atoms with Crippen molar-refractivity contribution in [3.63, 3.8) is 0 Å². The monoisotopic (exact) mass is 407 g/mol. The van der Waals surface area contributed by atoms with E-state index in [9.17, 15) is 4.39 Å². The summed E-state index contributed by atoms with van der Waals surface area (Å²) in [7, 11) is 1.79. The molecule has 3 rings (SSSR count). The van der Waals surface area contributed by atoms with E-state index in [0.717, 1.165) is 90.1 Å². The number of nitrogens with zero attached hydrogens (tertiary/aromatic N) is 3. The maximum Gasteiger partial charge on any atom is 0.191 e. The summed E-state index contributed by atoms with van der Waals surface area (Å²) in [6.45, 7) is 8.90. The molecule has 2 heterocycles. The fraction of sp³-hybridized carbons (Fsp3) is 0.667. The first-order chi connectivity index (χ1) is 14.2. The summed E-state index contributed by atoms with van der Waals surface area (Å²) in [6.07, 6.45) is 2.23. The molecule has 1 atom stereocenters. The highest BCUT2D eigenvalue weighted by atomic mass is 19.1. The number of ether oxygens (including phenoxy) is 2. The minimum Gasteiger partial charge on any atom is -0.379 e. The average molecular weight is 408 g/mol. The van der Waals surface area contributed by atoms with Crippen LogP contribution in [0.15, 0.2) is 29.3 Å². The summed E-state index contributed by atoms with van der Waals surface area (Å²) < 4.78 is 24.1. The van der Waals surface area contributed by atoms with Gasteiger partial charge < -0.3 is 25.0 Å². The van der Waals surface area contributed by atoms with Crippen LogP contribution in [0.1, 0.15) is 12.8 Å². The fourth-order valence-corrected chi connectivity index (χ4v) is 3.61. The van der Waals surface area contributed by atoms with E-state index in [1.54, 1.807) is 7.05 Å². The molecule has 1 unspecified atom stereocenters. The molecule has 0 aliphatic carbocycles. The Bertz CT molecular complexity index is 614. The van der Waals surface area contributed by atoms with Gasteiger partial charge in [0.2, 0.25) is 0 Å². The highest BCUT2D eigenvalue weighted by Crippen LogP contribution is 2.16. The topological polar surface area (TPSA) is 61.4 Å². The fourth-order valence-electron chi connectivity index (χ4n) is 3.61. The number of anilines is 1. The SMILES string of the molecule is CN=C(NCCCOC1CCOC1)NCCN1CCN(c2ccc(F)cc2)CC1. The Balaban J connectivity index is 1.24. The quantitative estimate of drug-likeness (QED) is 0.366. The summed E-state index contributed by atoms with van der Waals surface area (Å²) >= 11 is 0. The minimum atomic E-state index is -0.184. The van der Waals surface area contributed by atoms with Crippen molar-refractivity contribution in [1.82, 2.24) is 15.5 Å². The van der Waals surface area contributed by atoms with Crippen molar-refractivity contribution < 1.29 is 13.9 Å². The second-order valence-electron chi connectivity index (χ2n) is 7.44. The molecule has 8 heteroatoms. The van der Waals surface area contributed by atoms with Crippen molar-refractivity contribution >= 4 is 11.6 Å². The molecule has 0 saturated carbocycles. The van der Waals surface area contributed by atoms with Crippen LogP contribution in [0.5, 0.6) is 0 Å². The second-order valence-corrected chi connectivity index (χ2v) is 7.44. The lowest BCUT2D eigenvalue weighted by atomic mass is 10.2. The summed E-state index contributed by atoms with van der Waals surface area (Å²) in [4.78, 5) is 9.03. The molecular formula is C21H34FN5O2. The van der Waals surface area contributed by atoms with Crippen molar-refractivity contribution in [1.29, 1.82) is 0 Å². The van der Waals surface area contributed by atoms with E-state index >= 15 is 0 Å². The Morgan fingerprint density at radius 3 is 2.62 bits per heavy atom. The van der Waals surface area contributed by atoms with Gasteiger partial charge >= 0.3 is 0 Å². The lowest BCUT2D eigenvalue weighted by Gasteiger charge is -2.36. The summed E-state index contributed by atoms with van der Waals surface area (Å²) in [5.74, 6) is 0.649. The van der Waals surface area contributed by atoms with Crippen LogP contribution < -0.4 is 15.5 Å². The zero-order valence-electron chi connectivity index (χ0n) is 17.4. The molecule has 2 aliphatic heterocycles. The number of benzene rings is 1. The Kier molecular flexibility index (Phi) is 8.98. The molecule has 2 N–H and O–H groups in total. The molecule has 0 bridgehead atoms. The van der Waals surface area contributed by atoms with Gasteiger partial charge in [0, 0.05) is 71.8 Å². The zero-order valence-corrected chi connectivity index (χ0v) is 17.4. The molecule has 0 amide bonds. The third-order valence-electron chi connectivity index (χ3n) is 5.36. The smallest absolute Gasteiger partial charge is 0.191 e. The first kappa shape index (κ1) is 21.8. The van der Waals surface area contributed by atoms with Gasteiger partial charge in [0.25, 0.3) is 0 Å². The number of hydrogen-bond acceptors (Lipinski definition) is 5. The van der Waals surface area contributed by atoms with Crippen molar-refractivity contribution in [2.45, 2.75) is 18.9 Å². The van der Waals surface area contributed by atoms with Gasteiger partial charge in [0.15, 0.2) is 5.96 Å². The van der Waals surface area contributed by atoms with Gasteiger partial charge in [-0.3, -0.25) is 9.89 Å². The zero-order chi connectivity index (χ0) is 20.3. The Morgan fingerprint density at radius 1 is 1.17 bits per heavy atom. The molecule has 1 aromatic carbocycles. The van der Waals surface area contributed by atoms with Crippen LogP contribution in [-0.4, -0.2) is 89.6 Å². The summed E-state index contributed by atoms with van der Waals surface area (Å²) in [5.41, 5.74) is 1.10. The molecule has 29 heavy (non-hydrogen) atoms. The third kappa shape index (κ3) is 7.45. The van der Waals surface area contributed by atoms with Crippen LogP contribution in [0.3, 0.4) is 0 Å². The Hall–Kier alpha value is -1.90. The van der Waals surface area contributed by atoms with E-state index in [1.807, 2.05) is 12.1 Å². The average Bonchev–Trinajstić information content (AvgIpc) is 3.27. The standard InChI is InChI=1S/C21H34FN5O2/c1-23-21(24-8-2-15-29-20-7-16-28-17-20)25-9-10-26-11-13-27(14-12-26)19-5-3-18(22)4-6-19/h3-6,20H,2,7-17H2,1H3,(H2,23,24,25). The summed E-state index contributed by atoms with van der Waals surface area (Å²) in [5, 5.41) is 6.71. The highest BCUT2D eigenvalue weighted by molar-refractivity contribution is 5.79. The van der Waals surface area contributed by atoms with Crippen LogP contribution in [0, 0.1) is 5.82 Å². The largest absolute Gasteiger partial charge is 0.379 e. The number of aliphatic imine (C=N–C) groups is 1. The van der Waals surface area contributed by atoms with Gasteiger partial charge in [0.1, 0.15) is 5.82 Å². The number of rotatable bonds is 9. The van der Waals surface area contributed by atoms with Crippen molar-refractivity contribution in [2.75, 3.05) is 77.6 Å². The lowest BCUT2D eigenvalue weighted by molar-refractivity contribution is 0.0420. The second kappa shape index (κ2) is 11.9. The predicted octanol–water partition coefficient (Wildman–Crippen LogP) is 1.31. The van der Waals surface area contributed by atoms with Crippen LogP contribution in [0.25, 0.3) is 0 Å². The maximum atomic E-state index is 13.1. The van der Waals surface area contributed by atoms with E-state index in [0.29, 0.717) is 0 Å². The Labute approximate surface area is 173 Å². The van der Waals surface area contributed by atoms with Gasteiger partial charge in [-0.05, 0) is 37.1 Å². The first-order valence-electron chi connectivity index (χ1n) is 10.6. The summed E-state index contributed by atoms with van der Waals surface area (Å²) in [6, 6.07) is 6.77. The molecule has 162 valence electrons. The van der Waals surface area contributed by atoms with Crippen LogP contribution in [-0.2, 0) is 9.47 Å². The number of piperazine rings is 1. The van der Waals surface area contributed by atoms with Crippen LogP contribution in [0.2, 0.25) is 0 Å². The van der Waals surface area contributed by atoms with E-state index in [2.05, 4.69) is 25.4 Å². The molecule has 0 spiro atoms. The number of hydrogen-bond donors (Lipinski definition) is 2. The van der Waals surface area contributed by atoms with Crippen LogP contribution >= 0.6 is 0 Å². The van der Waals surface area contributed by atoms with Gasteiger partial charge in [-0.25, -0.2) is 4.39 Å². The lowest BCUT2D eigenvalue weighted by Crippen LogP contribution is -2.49. The van der Waals surface area contributed by atoms with Gasteiger partial charge in [-0.15, -0.1) is 0 Å². The number of halogens is 1. The van der Waals surface area contributed by atoms with E-state index in [-0.39, 0.29) is 11.9 Å². The van der Waals surface area contributed by atoms with Crippen molar-refractivity contribution in [3.05, 3.63) is 30.1 Å². The van der Waals surface area contributed by atoms with E-state index < -0.39 is 0 Å². The van der Waals surface area contributed by atoms with Gasteiger partial charge in [-0.2, -0.15) is 0 Å². The molecule has 2 saturated heterocycles. The van der Waals surface area contributed by atoms with Crippen molar-refractivity contribution in [3.8, 4) is 0 Å². The van der Waals surface area contributed by atoms with Gasteiger partial charge in [-0.1, -0.05) is 0 Å². The third-order valence-corrected chi connectivity index (χ3v) is 5.36. The molecule has 7 nitrogen and oxygen atoms in total. The Morgan fingerprint density at radius 2 is 1.93 bits per heavy atom. The highest BCUT2D eigenvalue weighted by Gasteiger charge is 2.17. The van der Waals surface area contributed by atoms with Crippen molar-refractivity contribution in [2.24, 2.45) is 4.99 Å². The molecule has 0 radical (unpaired) electrons. The molecule has 2 fully saturated rings. The molecule has 0 aromatic heterocycles. The molecule has 2 aliphatic rings. The maximum absolute atomic E-state index is 13.1. The number of nitrogens with one attached hydrogen (secondary N) is 2. The number of guanidine groups is 1. The molecular weight excluding hydrogens is 373 g/mol. The minimum absolute atomic E-state index is 0.184. The van der Waals surface area contributed by atoms with E-state index in [1.165, 1.54) is 12.1 Å². The van der Waals surface area contributed by atoms with Crippen LogP contribution in [0.4, 0.5) is 10.1 Å². The van der Waals surface area contributed by atoms with E-state index in [4.69, 9.17) is 9.47 Å².